The normalized spacial score (nSPS) is 24.6. The van der Waals surface area contributed by atoms with Gasteiger partial charge in [0.1, 0.15) is 5.75 Å². The third kappa shape index (κ3) is 3.98. The fourth-order valence-electron chi connectivity index (χ4n) is 3.33. The topological polar surface area (TPSA) is 38.5 Å². The summed E-state index contributed by atoms with van der Waals surface area (Å²) >= 11 is 0. The summed E-state index contributed by atoms with van der Waals surface area (Å²) in [7, 11) is 0. The van der Waals surface area contributed by atoms with Gasteiger partial charge in [-0.2, -0.15) is 0 Å². The van der Waals surface area contributed by atoms with Crippen molar-refractivity contribution in [3.8, 4) is 5.75 Å². The third-order valence-corrected chi connectivity index (χ3v) is 4.30. The Labute approximate surface area is 129 Å². The lowest BCUT2D eigenvalue weighted by Gasteiger charge is -2.43. The Bertz CT molecular complexity index is 453. The molecule has 0 bridgehead atoms. The lowest BCUT2D eigenvalue weighted by atomic mass is 9.92. The molecular formula is C18H30N2O. The van der Waals surface area contributed by atoms with Gasteiger partial charge >= 0.3 is 0 Å². The van der Waals surface area contributed by atoms with Gasteiger partial charge in [-0.1, -0.05) is 18.6 Å². The fraction of sp³-hybridized carbons (Fsp3) is 0.667. The van der Waals surface area contributed by atoms with Crippen LogP contribution in [0.3, 0.4) is 0 Å². The fourth-order valence-corrected chi connectivity index (χ4v) is 3.33. The van der Waals surface area contributed by atoms with Crippen molar-refractivity contribution < 1.29 is 4.74 Å². The van der Waals surface area contributed by atoms with Crippen LogP contribution in [0.5, 0.6) is 5.75 Å². The summed E-state index contributed by atoms with van der Waals surface area (Å²) in [6.07, 6.45) is 3.54. The molecule has 2 unspecified atom stereocenters. The minimum atomic E-state index is 0.119. The maximum Gasteiger partial charge on any atom is 0.119 e. The van der Waals surface area contributed by atoms with E-state index in [4.69, 9.17) is 10.5 Å². The number of hydrogen-bond donors (Lipinski definition) is 1. The Balaban J connectivity index is 2.36. The molecule has 0 amide bonds. The smallest absolute Gasteiger partial charge is 0.119 e. The van der Waals surface area contributed by atoms with E-state index in [1.807, 2.05) is 13.0 Å². The van der Waals surface area contributed by atoms with Crippen molar-refractivity contribution in [1.29, 1.82) is 0 Å². The zero-order valence-corrected chi connectivity index (χ0v) is 13.9. The van der Waals surface area contributed by atoms with Crippen LogP contribution in [0.4, 0.5) is 0 Å². The number of hydrogen-bond acceptors (Lipinski definition) is 3. The van der Waals surface area contributed by atoms with E-state index in [-0.39, 0.29) is 17.6 Å². The predicted octanol–water partition coefficient (Wildman–Crippen LogP) is 3.74. The van der Waals surface area contributed by atoms with Gasteiger partial charge in [0.15, 0.2) is 0 Å². The molecule has 3 heteroatoms. The van der Waals surface area contributed by atoms with Gasteiger partial charge in [-0.3, -0.25) is 4.90 Å². The Morgan fingerprint density at radius 1 is 1.29 bits per heavy atom. The van der Waals surface area contributed by atoms with Crippen molar-refractivity contribution in [3.05, 3.63) is 29.8 Å². The monoisotopic (exact) mass is 290 g/mol. The van der Waals surface area contributed by atoms with Crippen LogP contribution in [0, 0.1) is 0 Å². The number of likely N-dealkylation sites (tertiary alicyclic amines) is 1. The van der Waals surface area contributed by atoms with Gasteiger partial charge in [0.2, 0.25) is 0 Å². The standard InChI is InChI=1S/C18H30N2O/c1-5-21-15-10-8-9-14(13-15)17-16(19)11-6-7-12-20(17)18(2,3)4/h8-10,13,16-17H,5-7,11-12,19H2,1-4H3. The molecule has 1 aliphatic heterocycles. The Hall–Kier alpha value is -1.06. The van der Waals surface area contributed by atoms with Crippen molar-refractivity contribution in [2.45, 2.75) is 64.6 Å². The molecule has 1 heterocycles. The van der Waals surface area contributed by atoms with Gasteiger partial charge in [0.25, 0.3) is 0 Å². The van der Waals surface area contributed by atoms with Gasteiger partial charge in [0, 0.05) is 11.6 Å². The van der Waals surface area contributed by atoms with E-state index < -0.39 is 0 Å². The highest BCUT2D eigenvalue weighted by Crippen LogP contribution is 2.35. The zero-order valence-electron chi connectivity index (χ0n) is 13.9. The number of ether oxygens (including phenoxy) is 1. The Morgan fingerprint density at radius 3 is 2.71 bits per heavy atom. The van der Waals surface area contributed by atoms with Gasteiger partial charge in [-0.25, -0.2) is 0 Å². The summed E-state index contributed by atoms with van der Waals surface area (Å²) in [6.45, 7) is 10.7. The first-order chi connectivity index (χ1) is 9.93. The molecule has 118 valence electrons. The molecule has 0 saturated carbocycles. The predicted molar refractivity (Wildman–Crippen MR) is 88.6 cm³/mol. The minimum Gasteiger partial charge on any atom is -0.494 e. The average molecular weight is 290 g/mol. The van der Waals surface area contributed by atoms with Crippen LogP contribution >= 0.6 is 0 Å². The summed E-state index contributed by atoms with van der Waals surface area (Å²) in [5.74, 6) is 0.945. The van der Waals surface area contributed by atoms with Crippen molar-refractivity contribution >= 4 is 0 Å². The lowest BCUT2D eigenvalue weighted by Crippen LogP contribution is -2.49. The molecule has 0 spiro atoms. The molecule has 2 rings (SSSR count). The van der Waals surface area contributed by atoms with Crippen molar-refractivity contribution in [2.24, 2.45) is 5.73 Å². The minimum absolute atomic E-state index is 0.119. The summed E-state index contributed by atoms with van der Waals surface area (Å²) in [5.41, 5.74) is 7.94. The molecule has 2 N–H and O–H groups in total. The van der Waals surface area contributed by atoms with Gasteiger partial charge in [0.05, 0.1) is 12.6 Å². The average Bonchev–Trinajstić information content (AvgIpc) is 2.61. The quantitative estimate of drug-likeness (QED) is 0.921. The van der Waals surface area contributed by atoms with E-state index in [2.05, 4.69) is 43.9 Å². The molecule has 21 heavy (non-hydrogen) atoms. The van der Waals surface area contributed by atoms with E-state index in [9.17, 15) is 0 Å². The molecule has 1 aliphatic rings. The van der Waals surface area contributed by atoms with Crippen LogP contribution in [0.25, 0.3) is 0 Å². The maximum absolute atomic E-state index is 6.54. The van der Waals surface area contributed by atoms with Crippen molar-refractivity contribution in [1.82, 2.24) is 4.90 Å². The largest absolute Gasteiger partial charge is 0.494 e. The van der Waals surface area contributed by atoms with E-state index in [0.717, 1.165) is 18.7 Å². The highest BCUT2D eigenvalue weighted by Gasteiger charge is 2.35. The van der Waals surface area contributed by atoms with Crippen LogP contribution in [0.1, 0.15) is 58.6 Å². The van der Waals surface area contributed by atoms with Crippen LogP contribution < -0.4 is 10.5 Å². The Morgan fingerprint density at radius 2 is 2.05 bits per heavy atom. The first kappa shape index (κ1) is 16.3. The summed E-state index contributed by atoms with van der Waals surface area (Å²) in [5, 5.41) is 0. The molecule has 1 aromatic rings. The first-order valence-electron chi connectivity index (χ1n) is 8.18. The third-order valence-electron chi connectivity index (χ3n) is 4.30. The highest BCUT2D eigenvalue weighted by molar-refractivity contribution is 5.32. The number of nitrogens with two attached hydrogens (primary N) is 1. The molecule has 1 aromatic carbocycles. The number of nitrogens with zero attached hydrogens (tertiary/aromatic N) is 1. The number of benzene rings is 1. The van der Waals surface area contributed by atoms with Crippen LogP contribution in [-0.4, -0.2) is 29.6 Å². The highest BCUT2D eigenvalue weighted by atomic mass is 16.5. The summed E-state index contributed by atoms with van der Waals surface area (Å²) in [6, 6.07) is 8.92. The van der Waals surface area contributed by atoms with E-state index in [0.29, 0.717) is 6.61 Å². The summed E-state index contributed by atoms with van der Waals surface area (Å²) in [4.78, 5) is 2.57. The molecule has 1 saturated heterocycles. The van der Waals surface area contributed by atoms with Gasteiger partial charge in [-0.05, 0) is 64.8 Å². The van der Waals surface area contributed by atoms with Crippen LogP contribution in [-0.2, 0) is 0 Å². The van der Waals surface area contributed by atoms with Crippen LogP contribution in [0.15, 0.2) is 24.3 Å². The lowest BCUT2D eigenvalue weighted by molar-refractivity contribution is 0.0754. The van der Waals surface area contributed by atoms with Crippen molar-refractivity contribution in [3.63, 3.8) is 0 Å². The van der Waals surface area contributed by atoms with Gasteiger partial charge < -0.3 is 10.5 Å². The number of rotatable bonds is 3. The molecule has 0 aliphatic carbocycles. The Kier molecular flexibility index (Phi) is 5.28. The second kappa shape index (κ2) is 6.80. The van der Waals surface area contributed by atoms with Crippen LogP contribution in [0.2, 0.25) is 0 Å². The second-order valence-corrected chi connectivity index (χ2v) is 6.97. The zero-order chi connectivity index (χ0) is 15.5. The van der Waals surface area contributed by atoms with E-state index in [1.165, 1.54) is 18.4 Å². The second-order valence-electron chi connectivity index (χ2n) is 6.97. The van der Waals surface area contributed by atoms with E-state index in [1.54, 1.807) is 0 Å². The van der Waals surface area contributed by atoms with Crippen molar-refractivity contribution in [2.75, 3.05) is 13.2 Å². The van der Waals surface area contributed by atoms with Gasteiger partial charge in [-0.15, -0.1) is 0 Å². The molecule has 3 nitrogen and oxygen atoms in total. The molecule has 0 aromatic heterocycles. The maximum atomic E-state index is 6.54. The molecule has 0 radical (unpaired) electrons. The molecule has 1 fully saturated rings. The SMILES string of the molecule is CCOc1cccc(C2C(N)CCCCN2C(C)(C)C)c1. The molecule has 2 atom stereocenters. The van der Waals surface area contributed by atoms with E-state index >= 15 is 0 Å². The first-order valence-corrected chi connectivity index (χ1v) is 8.18. The molecular weight excluding hydrogens is 260 g/mol. The summed E-state index contributed by atoms with van der Waals surface area (Å²) < 4.78 is 5.67.